The van der Waals surface area contributed by atoms with E-state index in [1.807, 2.05) is 18.2 Å². The predicted octanol–water partition coefficient (Wildman–Crippen LogP) is 1.35. The first-order valence-corrected chi connectivity index (χ1v) is 7.08. The molecule has 2 rings (SSSR count). The third kappa shape index (κ3) is 4.26. The molecule has 0 saturated carbocycles. The van der Waals surface area contributed by atoms with Crippen molar-refractivity contribution < 1.29 is 10.5 Å². The summed E-state index contributed by atoms with van der Waals surface area (Å²) in [6, 6.07) is 7.48. The second kappa shape index (κ2) is 7.36. The van der Waals surface area contributed by atoms with Crippen molar-refractivity contribution in [2.24, 2.45) is 0 Å². The third-order valence-corrected chi connectivity index (χ3v) is 2.82. The van der Waals surface area contributed by atoms with Crippen molar-refractivity contribution >= 4 is 22.8 Å². The molecule has 0 aromatic carbocycles. The van der Waals surface area contributed by atoms with Crippen LogP contribution in [0.1, 0.15) is 31.9 Å². The van der Waals surface area contributed by atoms with Crippen molar-refractivity contribution in [2.75, 3.05) is 11.9 Å². The topological polar surface area (TPSA) is 82.5 Å². The fraction of sp³-hybridized carbons (Fsp3) is 0.312. The molecule has 2 aromatic rings. The zero-order chi connectivity index (χ0) is 15.1. The number of carbonyl (C=O) groups is 1. The standard InChI is InChI=1S/C16H18N4O/c1-2-3-4-5-13-8-6-12-7-9-14(20-16(12)18-13)19-15(21)10-11-17/h6-9H,2-3,10-11,17H2,1H3,(H,18,19,20,21)/p+1. The maximum atomic E-state index is 11.6. The summed E-state index contributed by atoms with van der Waals surface area (Å²) < 4.78 is 0. The van der Waals surface area contributed by atoms with Crippen molar-refractivity contribution in [1.29, 1.82) is 0 Å². The van der Waals surface area contributed by atoms with Gasteiger partial charge in [-0.05, 0) is 36.6 Å². The Morgan fingerprint density at radius 2 is 2.10 bits per heavy atom. The van der Waals surface area contributed by atoms with E-state index in [1.54, 1.807) is 6.07 Å². The number of hydrogen-bond acceptors (Lipinski definition) is 3. The van der Waals surface area contributed by atoms with E-state index in [0.717, 1.165) is 18.2 Å². The van der Waals surface area contributed by atoms with Crippen LogP contribution in [-0.2, 0) is 4.79 Å². The summed E-state index contributed by atoms with van der Waals surface area (Å²) in [5.74, 6) is 6.50. The largest absolute Gasteiger partial charge is 0.357 e. The number of anilines is 1. The second-order valence-electron chi connectivity index (χ2n) is 4.64. The van der Waals surface area contributed by atoms with E-state index in [2.05, 4.69) is 39.8 Å². The minimum absolute atomic E-state index is 0.0873. The molecule has 0 aliphatic rings. The number of nitrogens with one attached hydrogen (secondary N) is 1. The van der Waals surface area contributed by atoms with Crippen molar-refractivity contribution in [2.45, 2.75) is 26.2 Å². The van der Waals surface area contributed by atoms with Gasteiger partial charge in [-0.3, -0.25) is 4.79 Å². The van der Waals surface area contributed by atoms with E-state index in [9.17, 15) is 4.79 Å². The number of rotatable bonds is 4. The van der Waals surface area contributed by atoms with Crippen LogP contribution in [0.4, 0.5) is 5.82 Å². The number of hydrogen-bond donors (Lipinski definition) is 2. The molecule has 0 radical (unpaired) electrons. The molecule has 5 nitrogen and oxygen atoms in total. The van der Waals surface area contributed by atoms with Gasteiger partial charge in [0.05, 0.1) is 13.0 Å². The summed E-state index contributed by atoms with van der Waals surface area (Å²) in [7, 11) is 0. The molecule has 0 aliphatic carbocycles. The average molecular weight is 283 g/mol. The van der Waals surface area contributed by atoms with Gasteiger partial charge in [0, 0.05) is 11.8 Å². The van der Waals surface area contributed by atoms with Crippen LogP contribution in [0.25, 0.3) is 11.0 Å². The highest BCUT2D eigenvalue weighted by Gasteiger charge is 2.05. The lowest BCUT2D eigenvalue weighted by Gasteiger charge is -2.04. The van der Waals surface area contributed by atoms with Gasteiger partial charge in [0.25, 0.3) is 0 Å². The van der Waals surface area contributed by atoms with E-state index < -0.39 is 0 Å². The van der Waals surface area contributed by atoms with E-state index in [1.165, 1.54) is 0 Å². The third-order valence-electron chi connectivity index (χ3n) is 2.82. The highest BCUT2D eigenvalue weighted by atomic mass is 16.1. The zero-order valence-corrected chi connectivity index (χ0v) is 12.1. The van der Waals surface area contributed by atoms with Crippen LogP contribution < -0.4 is 11.1 Å². The van der Waals surface area contributed by atoms with Crippen LogP contribution >= 0.6 is 0 Å². The summed E-state index contributed by atoms with van der Waals surface area (Å²) in [6.07, 6.45) is 2.27. The first-order chi connectivity index (χ1) is 10.2. The quantitative estimate of drug-likeness (QED) is 0.831. The van der Waals surface area contributed by atoms with Crippen molar-refractivity contribution in [3.63, 3.8) is 0 Å². The lowest BCUT2D eigenvalue weighted by Crippen LogP contribution is -2.51. The molecule has 108 valence electrons. The Kier molecular flexibility index (Phi) is 5.24. The Morgan fingerprint density at radius 3 is 2.86 bits per heavy atom. The molecule has 0 bridgehead atoms. The average Bonchev–Trinajstić information content (AvgIpc) is 2.47. The van der Waals surface area contributed by atoms with Crippen LogP contribution in [0.15, 0.2) is 24.3 Å². The van der Waals surface area contributed by atoms with Gasteiger partial charge < -0.3 is 11.1 Å². The van der Waals surface area contributed by atoms with Gasteiger partial charge in [-0.2, -0.15) is 0 Å². The predicted molar refractivity (Wildman–Crippen MR) is 82.3 cm³/mol. The number of carbonyl (C=O) groups excluding carboxylic acids is 1. The maximum Gasteiger partial charge on any atom is 0.231 e. The van der Waals surface area contributed by atoms with Crippen molar-refractivity contribution in [3.8, 4) is 11.8 Å². The first-order valence-electron chi connectivity index (χ1n) is 7.08. The van der Waals surface area contributed by atoms with Crippen LogP contribution in [0, 0.1) is 11.8 Å². The Bertz CT molecular complexity index is 700. The fourth-order valence-corrected chi connectivity index (χ4v) is 1.78. The minimum atomic E-state index is -0.0873. The van der Waals surface area contributed by atoms with E-state index in [4.69, 9.17) is 0 Å². The van der Waals surface area contributed by atoms with E-state index in [-0.39, 0.29) is 5.91 Å². The Labute approximate surface area is 124 Å². The summed E-state index contributed by atoms with van der Waals surface area (Å²) in [4.78, 5) is 20.3. The molecule has 4 N–H and O–H groups in total. The van der Waals surface area contributed by atoms with Crippen molar-refractivity contribution in [3.05, 3.63) is 30.0 Å². The summed E-state index contributed by atoms with van der Waals surface area (Å²) >= 11 is 0. The molecule has 0 unspecified atom stereocenters. The highest BCUT2D eigenvalue weighted by Crippen LogP contribution is 2.14. The summed E-state index contributed by atoms with van der Waals surface area (Å²) in [5, 5.41) is 3.66. The number of unbranched alkanes of at least 4 members (excludes halogenated alkanes) is 1. The Balaban J connectivity index is 2.24. The van der Waals surface area contributed by atoms with Crippen LogP contribution in [0.5, 0.6) is 0 Å². The molecule has 2 aromatic heterocycles. The molecule has 0 fully saturated rings. The van der Waals surface area contributed by atoms with E-state index in [0.29, 0.717) is 30.1 Å². The number of quaternary nitrogens is 1. The molecular weight excluding hydrogens is 264 g/mol. The first kappa shape index (κ1) is 14.9. The number of pyridine rings is 2. The fourth-order valence-electron chi connectivity index (χ4n) is 1.78. The van der Waals surface area contributed by atoms with Gasteiger partial charge in [0.1, 0.15) is 11.5 Å². The molecule has 0 saturated heterocycles. The lowest BCUT2D eigenvalue weighted by atomic mass is 10.2. The molecule has 21 heavy (non-hydrogen) atoms. The number of fused-ring (bicyclic) bond motifs is 1. The van der Waals surface area contributed by atoms with Gasteiger partial charge in [0.15, 0.2) is 5.65 Å². The van der Waals surface area contributed by atoms with E-state index >= 15 is 0 Å². The van der Waals surface area contributed by atoms with Crippen LogP contribution in [0.2, 0.25) is 0 Å². The van der Waals surface area contributed by atoms with Crippen LogP contribution in [0.3, 0.4) is 0 Å². The number of amides is 1. The smallest absolute Gasteiger partial charge is 0.231 e. The monoisotopic (exact) mass is 283 g/mol. The minimum Gasteiger partial charge on any atom is -0.357 e. The normalized spacial score (nSPS) is 10.0. The highest BCUT2D eigenvalue weighted by molar-refractivity contribution is 5.91. The molecule has 0 atom stereocenters. The van der Waals surface area contributed by atoms with Gasteiger partial charge in [-0.15, -0.1) is 0 Å². The molecule has 2 heterocycles. The lowest BCUT2D eigenvalue weighted by molar-refractivity contribution is -0.365. The molecule has 5 heteroatoms. The van der Waals surface area contributed by atoms with Crippen LogP contribution in [-0.4, -0.2) is 22.4 Å². The zero-order valence-electron chi connectivity index (χ0n) is 12.1. The maximum absolute atomic E-state index is 11.6. The molecule has 1 amide bonds. The SMILES string of the molecule is CCCC#Cc1ccc2ccc(NC(=O)CC[NH3+])nc2n1. The number of nitrogens with zero attached hydrogens (tertiary/aromatic N) is 2. The second-order valence-corrected chi connectivity index (χ2v) is 4.64. The Morgan fingerprint density at radius 1 is 1.29 bits per heavy atom. The molecule has 0 spiro atoms. The number of aromatic nitrogens is 2. The Hall–Kier alpha value is -2.45. The summed E-state index contributed by atoms with van der Waals surface area (Å²) in [5.41, 5.74) is 4.94. The van der Waals surface area contributed by atoms with Gasteiger partial charge >= 0.3 is 0 Å². The molecular formula is C16H19N4O+. The van der Waals surface area contributed by atoms with Gasteiger partial charge in [-0.1, -0.05) is 12.8 Å². The van der Waals surface area contributed by atoms with Gasteiger partial charge in [-0.25, -0.2) is 9.97 Å². The van der Waals surface area contributed by atoms with Crippen molar-refractivity contribution in [1.82, 2.24) is 9.97 Å². The summed E-state index contributed by atoms with van der Waals surface area (Å²) in [6.45, 7) is 2.65. The molecule has 0 aliphatic heterocycles. The van der Waals surface area contributed by atoms with Gasteiger partial charge in [0.2, 0.25) is 5.91 Å².